The van der Waals surface area contributed by atoms with Crippen molar-refractivity contribution in [1.82, 2.24) is 19.4 Å². The van der Waals surface area contributed by atoms with E-state index in [9.17, 15) is 8.42 Å². The zero-order chi connectivity index (χ0) is 21.0. The van der Waals surface area contributed by atoms with Gasteiger partial charge in [0.25, 0.3) is 0 Å². The Morgan fingerprint density at radius 1 is 1.10 bits per heavy atom. The molecule has 1 aromatic heterocycles. The van der Waals surface area contributed by atoms with Crippen molar-refractivity contribution in [1.29, 1.82) is 0 Å². The lowest BCUT2D eigenvalue weighted by Gasteiger charge is -2.32. The van der Waals surface area contributed by atoms with E-state index < -0.39 is 10.0 Å². The summed E-state index contributed by atoms with van der Waals surface area (Å²) in [4.78, 5) is 2.56. The van der Waals surface area contributed by atoms with Crippen LogP contribution in [-0.4, -0.2) is 49.0 Å². The number of likely N-dealkylation sites (tertiary alicyclic amines) is 1. The number of sulfonamides is 1. The highest BCUT2D eigenvalue weighted by Gasteiger charge is 2.21. The van der Waals surface area contributed by atoms with E-state index in [1.165, 1.54) is 41.5 Å². The molecule has 0 amide bonds. The first-order valence-electron chi connectivity index (χ1n) is 10.4. The third kappa shape index (κ3) is 6.39. The first-order chi connectivity index (χ1) is 13.7. The van der Waals surface area contributed by atoms with Gasteiger partial charge in [0, 0.05) is 31.4 Å². The van der Waals surface area contributed by atoms with Gasteiger partial charge >= 0.3 is 0 Å². The van der Waals surface area contributed by atoms with Crippen LogP contribution in [0.25, 0.3) is 0 Å². The Morgan fingerprint density at radius 3 is 2.28 bits per heavy atom. The first kappa shape index (κ1) is 22.0. The maximum absolute atomic E-state index is 11.1. The molecule has 0 saturated carbocycles. The molecule has 7 heteroatoms. The maximum Gasteiger partial charge on any atom is 0.208 e. The van der Waals surface area contributed by atoms with Crippen molar-refractivity contribution in [2.45, 2.75) is 46.1 Å². The third-order valence-corrected chi connectivity index (χ3v) is 6.80. The molecule has 0 spiro atoms. The molecule has 0 bridgehead atoms. The number of aryl methyl sites for hydroxylation is 2. The molecule has 160 valence electrons. The number of aromatic nitrogens is 2. The quantitative estimate of drug-likeness (QED) is 0.716. The normalized spacial score (nSPS) is 16.4. The zero-order valence-corrected chi connectivity index (χ0v) is 18.9. The van der Waals surface area contributed by atoms with Crippen molar-refractivity contribution >= 4 is 10.0 Å². The van der Waals surface area contributed by atoms with Gasteiger partial charge in [-0.05, 0) is 69.7 Å². The van der Waals surface area contributed by atoms with Crippen LogP contribution in [0.2, 0.25) is 0 Å². The summed E-state index contributed by atoms with van der Waals surface area (Å²) >= 11 is 0. The molecule has 1 aliphatic heterocycles. The van der Waals surface area contributed by atoms with Gasteiger partial charge in [0.2, 0.25) is 10.0 Å². The fraction of sp³-hybridized carbons (Fsp3) is 0.591. The Bertz CT molecular complexity index is 911. The Kier molecular flexibility index (Phi) is 7.14. The fourth-order valence-electron chi connectivity index (χ4n) is 4.17. The van der Waals surface area contributed by atoms with Crippen molar-refractivity contribution in [2.75, 3.05) is 25.9 Å². The lowest BCUT2D eigenvalue weighted by Crippen LogP contribution is -2.34. The monoisotopic (exact) mass is 418 g/mol. The van der Waals surface area contributed by atoms with E-state index in [2.05, 4.69) is 52.8 Å². The van der Waals surface area contributed by atoms with Gasteiger partial charge in [-0.2, -0.15) is 5.10 Å². The Labute approximate surface area is 175 Å². The average Bonchev–Trinajstić information content (AvgIpc) is 2.90. The second-order valence-corrected chi connectivity index (χ2v) is 10.3. The highest BCUT2D eigenvalue weighted by Crippen LogP contribution is 2.24. The number of hydrogen-bond donors (Lipinski definition) is 1. The van der Waals surface area contributed by atoms with Gasteiger partial charge in [-0.15, -0.1) is 0 Å². The van der Waals surface area contributed by atoms with Crippen LogP contribution in [0.5, 0.6) is 0 Å². The number of rotatable bonds is 8. The molecular weight excluding hydrogens is 384 g/mol. The van der Waals surface area contributed by atoms with Gasteiger partial charge in [0.1, 0.15) is 0 Å². The van der Waals surface area contributed by atoms with E-state index in [0.29, 0.717) is 6.54 Å². The molecule has 1 saturated heterocycles. The molecule has 1 aromatic carbocycles. The summed E-state index contributed by atoms with van der Waals surface area (Å²) in [6.45, 7) is 8.02. The highest BCUT2D eigenvalue weighted by molar-refractivity contribution is 7.88. The molecule has 29 heavy (non-hydrogen) atoms. The van der Waals surface area contributed by atoms with Crippen molar-refractivity contribution in [3.63, 3.8) is 0 Å². The average molecular weight is 419 g/mol. The van der Waals surface area contributed by atoms with E-state index >= 15 is 0 Å². The van der Waals surface area contributed by atoms with Crippen LogP contribution in [-0.2, 0) is 36.5 Å². The predicted octanol–water partition coefficient (Wildman–Crippen LogP) is 2.58. The fourth-order valence-corrected chi connectivity index (χ4v) is 4.65. The van der Waals surface area contributed by atoms with Crippen LogP contribution >= 0.6 is 0 Å². The van der Waals surface area contributed by atoms with E-state index in [1.807, 2.05) is 11.7 Å². The van der Waals surface area contributed by atoms with Gasteiger partial charge < -0.3 is 0 Å². The van der Waals surface area contributed by atoms with Gasteiger partial charge in [-0.25, -0.2) is 13.1 Å². The summed E-state index contributed by atoms with van der Waals surface area (Å²) < 4.78 is 26.8. The summed E-state index contributed by atoms with van der Waals surface area (Å²) in [5, 5.41) is 4.54. The van der Waals surface area contributed by atoms with Crippen LogP contribution in [0.4, 0.5) is 0 Å². The molecule has 1 aliphatic rings. The molecular formula is C22H34N4O2S. The Hall–Kier alpha value is -1.70. The summed E-state index contributed by atoms with van der Waals surface area (Å²) in [6.07, 6.45) is 5.51. The van der Waals surface area contributed by atoms with E-state index in [0.717, 1.165) is 44.1 Å². The predicted molar refractivity (Wildman–Crippen MR) is 117 cm³/mol. The molecule has 6 nitrogen and oxygen atoms in total. The zero-order valence-electron chi connectivity index (χ0n) is 18.1. The maximum atomic E-state index is 11.1. The van der Waals surface area contributed by atoms with Crippen LogP contribution in [0.1, 0.15) is 40.9 Å². The topological polar surface area (TPSA) is 67.2 Å². The van der Waals surface area contributed by atoms with Crippen molar-refractivity contribution < 1.29 is 8.42 Å². The minimum absolute atomic E-state index is 0.451. The van der Waals surface area contributed by atoms with Gasteiger partial charge in [0.05, 0.1) is 11.9 Å². The summed E-state index contributed by atoms with van der Waals surface area (Å²) in [7, 11) is -1.09. The van der Waals surface area contributed by atoms with Crippen LogP contribution in [0.3, 0.4) is 0 Å². The number of piperidine rings is 1. The number of nitrogens with zero attached hydrogens (tertiary/aromatic N) is 3. The SMILES string of the molecule is Cc1nn(C)c(C)c1CN1CCC(Cc2ccc(CCNS(C)(=O)=O)cc2)CC1. The largest absolute Gasteiger partial charge is 0.299 e. The molecule has 0 aliphatic carbocycles. The molecule has 0 unspecified atom stereocenters. The van der Waals surface area contributed by atoms with Crippen LogP contribution in [0.15, 0.2) is 24.3 Å². The Morgan fingerprint density at radius 2 is 1.72 bits per heavy atom. The lowest BCUT2D eigenvalue weighted by molar-refractivity contribution is 0.176. The molecule has 2 aromatic rings. The number of benzene rings is 1. The van der Waals surface area contributed by atoms with Crippen molar-refractivity contribution in [3.8, 4) is 0 Å². The highest BCUT2D eigenvalue weighted by atomic mass is 32.2. The minimum Gasteiger partial charge on any atom is -0.299 e. The van der Waals surface area contributed by atoms with Crippen LogP contribution in [0, 0.1) is 19.8 Å². The molecule has 0 radical (unpaired) electrons. The van der Waals surface area contributed by atoms with Gasteiger partial charge in [-0.1, -0.05) is 24.3 Å². The standard InChI is InChI=1S/C22H34N4O2S/c1-17-22(18(2)25(3)24-17)16-26-13-10-21(11-14-26)15-20-7-5-19(6-8-20)9-12-23-29(4,27)28/h5-8,21,23H,9-16H2,1-4H3. The summed E-state index contributed by atoms with van der Waals surface area (Å²) in [5.74, 6) is 0.736. The van der Waals surface area contributed by atoms with Gasteiger partial charge in [0.15, 0.2) is 0 Å². The van der Waals surface area contributed by atoms with Crippen molar-refractivity contribution in [2.24, 2.45) is 13.0 Å². The second-order valence-electron chi connectivity index (χ2n) is 8.43. The first-order valence-corrected chi connectivity index (χ1v) is 12.3. The second kappa shape index (κ2) is 9.41. The van der Waals surface area contributed by atoms with E-state index in [-0.39, 0.29) is 0 Å². The smallest absolute Gasteiger partial charge is 0.208 e. The molecule has 1 N–H and O–H groups in total. The van der Waals surface area contributed by atoms with Crippen LogP contribution < -0.4 is 4.72 Å². The number of hydrogen-bond acceptors (Lipinski definition) is 4. The van der Waals surface area contributed by atoms with Gasteiger partial charge in [-0.3, -0.25) is 9.58 Å². The molecule has 0 atom stereocenters. The molecule has 2 heterocycles. The van der Waals surface area contributed by atoms with Crippen molar-refractivity contribution in [3.05, 3.63) is 52.3 Å². The van der Waals surface area contributed by atoms with E-state index in [1.54, 1.807) is 0 Å². The number of nitrogens with one attached hydrogen (secondary N) is 1. The molecule has 1 fully saturated rings. The minimum atomic E-state index is -3.11. The summed E-state index contributed by atoms with van der Waals surface area (Å²) in [5.41, 5.74) is 6.35. The Balaban J connectivity index is 1.44. The third-order valence-electron chi connectivity index (χ3n) is 6.07. The summed E-state index contributed by atoms with van der Waals surface area (Å²) in [6, 6.07) is 8.65. The van der Waals surface area contributed by atoms with E-state index in [4.69, 9.17) is 0 Å². The lowest BCUT2D eigenvalue weighted by atomic mass is 9.89. The molecule has 3 rings (SSSR count).